The van der Waals surface area contributed by atoms with Crippen LogP contribution in [0.4, 0.5) is 37.7 Å². The number of hydrogen-bond donors (Lipinski definition) is 5. The van der Waals surface area contributed by atoms with Crippen LogP contribution in [0.15, 0.2) is 241 Å². The summed E-state index contributed by atoms with van der Waals surface area (Å²) in [6, 6.07) is 66.9. The Morgan fingerprint density at radius 1 is 0.392 bits per heavy atom. The second-order valence-corrected chi connectivity index (χ2v) is 43.6. The third-order valence-corrected chi connectivity index (χ3v) is 28.3. The number of fused-ring (bicyclic) bond motifs is 4. The van der Waals surface area contributed by atoms with Gasteiger partial charge in [-0.2, -0.15) is 0 Å². The number of aromatic nitrogens is 8. The molecule has 4 aromatic carbocycles. The molecule has 0 bridgehead atoms. The van der Waals surface area contributed by atoms with Crippen LogP contribution < -0.4 is 40.2 Å². The van der Waals surface area contributed by atoms with Crippen LogP contribution >= 0.6 is 28.3 Å². The second kappa shape index (κ2) is 51.6. The summed E-state index contributed by atoms with van der Waals surface area (Å²) < 4.78 is 54.3. The SMILES string of the molecule is Brc1cccnc1OC1CC(Nc2ccc3ccccc3n2)C1.CC(C)(C)OC(=O)N1CC=C(B2OC(C)(C)C(C)(C)O2)CC1.CC(C)(C)OC(=O)N1CC=C(c2cccnc2OC2CC(Nc3ccc4ccccc4n3)C2)CC1.CC(C)(C)OC(=O)N1CCC(c2cccnc2OC2CC(Nc3ccc4ccccc4n3)C2)CC1.CO.Cl.[CH3-].[Pd].c1cnc(OC2CC(Nc3ccc4ccccc4n3)C2)c(C2CCCCC2)c1. The number of carbonyl (C=O) groups excluding carboxylic acids is 3. The average molecular weight is 2190 g/mol. The molecule has 12 aromatic rings. The predicted octanol–water partition coefficient (Wildman–Crippen LogP) is 25.2. The number of amides is 3. The van der Waals surface area contributed by atoms with Gasteiger partial charge < -0.3 is 91.0 Å². The zero-order valence-corrected chi connectivity index (χ0v) is 91.9. The number of rotatable bonds is 20. The first-order valence-electron chi connectivity index (χ1n) is 51.5. The summed E-state index contributed by atoms with van der Waals surface area (Å²) in [6.45, 7) is 28.8. The quantitative estimate of drug-likeness (QED) is 0.0269. The molecule has 8 aromatic heterocycles. The van der Waals surface area contributed by atoms with E-state index in [0.717, 1.165) is 184 Å². The third kappa shape index (κ3) is 31.2. The van der Waals surface area contributed by atoms with Crippen LogP contribution in [0.5, 0.6) is 23.5 Å². The van der Waals surface area contributed by atoms with Crippen molar-refractivity contribution in [1.82, 2.24) is 54.6 Å². The van der Waals surface area contributed by atoms with E-state index in [0.29, 0.717) is 87.0 Å². The van der Waals surface area contributed by atoms with E-state index in [1.165, 1.54) is 43.1 Å². The molecule has 5 saturated carbocycles. The Kier molecular flexibility index (Phi) is 39.5. The molecule has 148 heavy (non-hydrogen) atoms. The van der Waals surface area contributed by atoms with Crippen molar-refractivity contribution in [1.29, 1.82) is 0 Å². The van der Waals surface area contributed by atoms with Crippen LogP contribution in [0.25, 0.3) is 49.2 Å². The number of anilines is 4. The molecule has 21 rings (SSSR count). The predicted molar refractivity (Wildman–Crippen MR) is 590 cm³/mol. The summed E-state index contributed by atoms with van der Waals surface area (Å²) >= 11 is 3.46. The van der Waals surface area contributed by atoms with Crippen molar-refractivity contribution in [3.63, 3.8) is 0 Å². The first-order chi connectivity index (χ1) is 69.7. The Bertz CT molecular complexity index is 6440. The molecule has 0 spiro atoms. The van der Waals surface area contributed by atoms with E-state index >= 15 is 0 Å². The van der Waals surface area contributed by atoms with Crippen molar-refractivity contribution in [3.8, 4) is 23.5 Å². The Labute approximate surface area is 900 Å². The van der Waals surface area contributed by atoms with Crippen LogP contribution in [0.3, 0.4) is 0 Å². The first kappa shape index (κ1) is 113. The van der Waals surface area contributed by atoms with Crippen molar-refractivity contribution >= 4 is 126 Å². The zero-order valence-electron chi connectivity index (χ0n) is 87.9. The molecule has 28 nitrogen and oxygen atoms in total. The molecule has 2 saturated heterocycles. The topological polar surface area (TPSA) is 315 Å². The number of nitrogens with one attached hydrogen (secondary N) is 4. The number of para-hydroxylation sites is 4. The van der Waals surface area contributed by atoms with Gasteiger partial charge >= 0.3 is 25.4 Å². The van der Waals surface area contributed by atoms with E-state index in [-0.39, 0.29) is 101 Å². The summed E-state index contributed by atoms with van der Waals surface area (Å²) in [5.41, 5.74) is 7.67. The number of aliphatic hydroxyl groups excluding tert-OH is 1. The monoisotopic (exact) mass is 2190 g/mol. The Morgan fingerprint density at radius 3 is 1.07 bits per heavy atom. The van der Waals surface area contributed by atoms with Crippen molar-refractivity contribution in [2.75, 3.05) is 67.6 Å². The molecule has 0 radical (unpaired) electrons. The standard InChI is InChI=1S/C28H34N4O3.C28H32N4O3.C24H27N3O.C18H16BrN3O.C16H28BNO4.CH4O.CH3.ClH.Pd/c2*1-28(2,3)35-27(33)32-15-12-19(13-16-32)23-8-6-14-29-26(23)34-22-17-21(18-22)30-25-11-10-20-7-4-5-9-24(20)31-25;1-2-7-17(8-3-1)21-10-6-14-25-24(21)28-20-15-19(16-20)26-23-13-12-18-9-4-5-11-22(18)27-23;19-15-5-3-9-20-18(15)23-14-10-13(11-14)21-17-8-7-12-4-1-2-6-16(12)22-17;1-14(2,3)20-13(19)18-10-8-12(9-11-18)17-21-15(4,5)16(6,7)22-17;1-2;;;/h4-11,14,19,21-22H,12-13,15-18H2,1-3H3,(H,30,31);4-12,14,21-22H,13,15-18H2,1-3H3,(H,30,31);4-6,9-14,17,19-20H,1-3,7-8,15-16H2,(H,26,27);1-9,13-14H,10-11H2,(H,21,22);8H,9-11H2,1-7H3;2H,1H3;1H3;1H;/q;;;;;;-1;;. The number of nitrogens with zero attached hydrogens (tertiary/aromatic N) is 11. The molecule has 5 N–H and O–H groups in total. The number of aliphatic hydroxyl groups is 1. The fourth-order valence-corrected chi connectivity index (χ4v) is 19.2. The molecule has 4 aliphatic heterocycles. The summed E-state index contributed by atoms with van der Waals surface area (Å²) in [7, 11) is 0.686. The van der Waals surface area contributed by atoms with Crippen LogP contribution in [-0.2, 0) is 43.9 Å². The van der Waals surface area contributed by atoms with Gasteiger partial charge in [-0.05, 0) is 277 Å². The Morgan fingerprint density at radius 2 is 0.716 bits per heavy atom. The number of ether oxygens (including phenoxy) is 7. The molecule has 7 fully saturated rings. The number of pyridine rings is 8. The van der Waals surface area contributed by atoms with Crippen molar-refractivity contribution < 1.29 is 82.4 Å². The van der Waals surface area contributed by atoms with Crippen LogP contribution in [0, 0.1) is 7.43 Å². The summed E-state index contributed by atoms with van der Waals surface area (Å²) in [4.78, 5) is 78.8. The summed E-state index contributed by atoms with van der Waals surface area (Å²) in [6.07, 6.45) is 28.5. The van der Waals surface area contributed by atoms with E-state index in [2.05, 4.69) is 141 Å². The van der Waals surface area contributed by atoms with Crippen molar-refractivity contribution in [2.24, 2.45) is 0 Å². The minimum absolute atomic E-state index is 0. The van der Waals surface area contributed by atoms with Gasteiger partial charge in [0.05, 0.1) is 37.7 Å². The van der Waals surface area contributed by atoms with E-state index in [4.69, 9.17) is 62.5 Å². The molecule has 5 aliphatic carbocycles. The maximum absolute atomic E-state index is 12.4. The van der Waals surface area contributed by atoms with Gasteiger partial charge in [-0.25, -0.2) is 54.3 Å². The number of hydrogen-bond acceptors (Lipinski definition) is 25. The maximum atomic E-state index is 12.4. The van der Waals surface area contributed by atoms with Gasteiger partial charge in [0.1, 0.15) is 64.5 Å². The molecule has 9 aliphatic rings. The van der Waals surface area contributed by atoms with Gasteiger partial charge in [-0.1, -0.05) is 116 Å². The van der Waals surface area contributed by atoms with Gasteiger partial charge in [0.15, 0.2) is 0 Å². The molecule has 3 amide bonds. The summed E-state index contributed by atoms with van der Waals surface area (Å²) in [5, 5.41) is 25.7. The number of piperidine rings is 1. The smallest absolute Gasteiger partial charge is 0.474 e. The number of likely N-dealkylation sites (tertiary alicyclic amines) is 1. The zero-order chi connectivity index (χ0) is 102. The molecular formula is C116H145BBrClN15O13Pd-. The minimum atomic E-state index is -0.495. The van der Waals surface area contributed by atoms with Crippen LogP contribution in [0.2, 0.25) is 0 Å². The molecular weight excluding hydrogens is 2040 g/mol. The molecule has 32 heteroatoms. The third-order valence-electron chi connectivity index (χ3n) is 27.7. The Hall–Kier alpha value is -11.8. The number of carbonyl (C=O) groups is 3. The maximum Gasteiger partial charge on any atom is 0.490 e. The molecule has 0 atom stereocenters. The van der Waals surface area contributed by atoms with Gasteiger partial charge in [0.25, 0.3) is 0 Å². The van der Waals surface area contributed by atoms with Crippen molar-refractivity contribution in [2.45, 2.75) is 288 Å². The van der Waals surface area contributed by atoms with Crippen LogP contribution in [-0.4, -0.2) is 208 Å². The fraction of sp³-hybridized carbons (Fsp3) is 0.448. The molecule has 12 heterocycles. The van der Waals surface area contributed by atoms with Gasteiger partial charge in [0.2, 0.25) is 23.5 Å². The summed E-state index contributed by atoms with van der Waals surface area (Å²) in [5.74, 6) is 7.54. The van der Waals surface area contributed by atoms with Gasteiger partial charge in [-0.15, -0.1) is 12.4 Å². The number of halogens is 2. The Balaban J connectivity index is 0.000000155. The average Bonchev–Trinajstić information content (AvgIpc) is 1.62. The largest absolute Gasteiger partial charge is 0.490 e. The number of benzene rings is 4. The van der Waals surface area contributed by atoms with E-state index in [1.54, 1.807) is 28.4 Å². The van der Waals surface area contributed by atoms with Crippen LogP contribution in [0.1, 0.15) is 228 Å². The van der Waals surface area contributed by atoms with Gasteiger partial charge in [0, 0.05) is 205 Å². The van der Waals surface area contributed by atoms with E-state index in [1.807, 2.05) is 229 Å². The normalized spacial score (nSPS) is 20.7. The minimum Gasteiger partial charge on any atom is -0.474 e. The van der Waals surface area contributed by atoms with Gasteiger partial charge in [-0.3, -0.25) is 0 Å². The van der Waals surface area contributed by atoms with E-state index in [9.17, 15) is 14.4 Å². The van der Waals surface area contributed by atoms with E-state index < -0.39 is 16.8 Å². The molecule has 790 valence electrons. The fourth-order valence-electron chi connectivity index (χ4n) is 18.9. The second-order valence-electron chi connectivity index (χ2n) is 42.7. The first-order valence-corrected chi connectivity index (χ1v) is 52.2. The molecule has 0 unspecified atom stereocenters. The van der Waals surface area contributed by atoms with Crippen molar-refractivity contribution in [3.05, 3.63) is 265 Å².